The molecule has 1 amide bonds. The van der Waals surface area contributed by atoms with Gasteiger partial charge in [-0.05, 0) is 12.3 Å². The van der Waals surface area contributed by atoms with Crippen LogP contribution in [0.5, 0.6) is 0 Å². The Morgan fingerprint density at radius 2 is 1.90 bits per heavy atom. The lowest BCUT2D eigenvalue weighted by Crippen LogP contribution is -2.25. The van der Waals surface area contributed by atoms with Crippen LogP contribution in [-0.4, -0.2) is 29.5 Å². The molecule has 2 N–H and O–H groups in total. The van der Waals surface area contributed by atoms with Crippen molar-refractivity contribution in [2.75, 3.05) is 18.9 Å². The van der Waals surface area contributed by atoms with Crippen molar-refractivity contribution in [2.45, 2.75) is 46.0 Å². The van der Waals surface area contributed by atoms with Crippen LogP contribution in [0.4, 0.5) is 5.82 Å². The van der Waals surface area contributed by atoms with Crippen molar-refractivity contribution >= 4 is 11.7 Å². The number of carbonyl (C=O) groups is 1. The van der Waals surface area contributed by atoms with Crippen molar-refractivity contribution in [3.05, 3.63) is 18.1 Å². The number of hydrogen-bond acceptors (Lipinski definition) is 4. The van der Waals surface area contributed by atoms with Gasteiger partial charge in [-0.2, -0.15) is 0 Å². The Labute approximate surface area is 121 Å². The van der Waals surface area contributed by atoms with Crippen LogP contribution in [0.1, 0.15) is 56.4 Å². The Morgan fingerprint density at radius 3 is 2.50 bits per heavy atom. The molecule has 1 heterocycles. The Balaban J connectivity index is 2.13. The first-order valence-electron chi connectivity index (χ1n) is 7.41. The molecular weight excluding hydrogens is 252 g/mol. The quantitative estimate of drug-likeness (QED) is 0.682. The van der Waals surface area contributed by atoms with Crippen molar-refractivity contribution in [2.24, 2.45) is 5.92 Å². The van der Waals surface area contributed by atoms with Gasteiger partial charge in [0.1, 0.15) is 11.5 Å². The van der Waals surface area contributed by atoms with Gasteiger partial charge in [-0.25, -0.2) is 9.97 Å². The van der Waals surface area contributed by atoms with E-state index in [4.69, 9.17) is 0 Å². The number of aromatic nitrogens is 2. The van der Waals surface area contributed by atoms with Crippen LogP contribution in [0.25, 0.3) is 0 Å². The van der Waals surface area contributed by atoms with E-state index in [-0.39, 0.29) is 5.91 Å². The van der Waals surface area contributed by atoms with Gasteiger partial charge in [0.2, 0.25) is 0 Å². The lowest BCUT2D eigenvalue weighted by molar-refractivity contribution is 0.0947. The molecule has 0 atom stereocenters. The number of amides is 1. The van der Waals surface area contributed by atoms with Crippen LogP contribution in [0, 0.1) is 5.92 Å². The number of rotatable bonds is 9. The highest BCUT2D eigenvalue weighted by Gasteiger charge is 2.06. The summed E-state index contributed by atoms with van der Waals surface area (Å²) in [4.78, 5) is 19.9. The molecule has 0 radical (unpaired) electrons. The van der Waals surface area contributed by atoms with E-state index in [1.807, 2.05) is 0 Å². The van der Waals surface area contributed by atoms with Gasteiger partial charge >= 0.3 is 0 Å². The molecule has 0 fully saturated rings. The van der Waals surface area contributed by atoms with Crippen molar-refractivity contribution in [1.29, 1.82) is 0 Å². The van der Waals surface area contributed by atoms with E-state index in [1.165, 1.54) is 25.5 Å². The minimum Gasteiger partial charge on any atom is -0.372 e. The van der Waals surface area contributed by atoms with Gasteiger partial charge < -0.3 is 10.6 Å². The van der Waals surface area contributed by atoms with E-state index >= 15 is 0 Å². The smallest absolute Gasteiger partial charge is 0.271 e. The van der Waals surface area contributed by atoms with Crippen molar-refractivity contribution in [3.8, 4) is 0 Å². The van der Waals surface area contributed by atoms with Crippen LogP contribution >= 0.6 is 0 Å². The molecule has 1 aromatic rings. The molecule has 0 spiro atoms. The minimum absolute atomic E-state index is 0.151. The predicted octanol–water partition coefficient (Wildman–Crippen LogP) is 2.85. The first kappa shape index (κ1) is 16.4. The van der Waals surface area contributed by atoms with Crippen LogP contribution in [0.2, 0.25) is 0 Å². The molecule has 0 aliphatic heterocycles. The number of hydrogen-bond donors (Lipinski definition) is 2. The van der Waals surface area contributed by atoms with E-state index in [1.54, 1.807) is 13.2 Å². The lowest BCUT2D eigenvalue weighted by Gasteiger charge is -2.06. The number of anilines is 1. The van der Waals surface area contributed by atoms with Gasteiger partial charge in [0.25, 0.3) is 5.91 Å². The molecular formula is C15H26N4O. The molecule has 0 aliphatic carbocycles. The summed E-state index contributed by atoms with van der Waals surface area (Å²) in [6.07, 6.45) is 9.04. The zero-order valence-electron chi connectivity index (χ0n) is 12.8. The molecule has 0 aliphatic rings. The van der Waals surface area contributed by atoms with E-state index in [0.29, 0.717) is 18.1 Å². The molecule has 1 aromatic heterocycles. The second-order valence-electron chi connectivity index (χ2n) is 5.39. The Kier molecular flexibility index (Phi) is 7.62. The zero-order chi connectivity index (χ0) is 14.8. The topological polar surface area (TPSA) is 66.9 Å². The SMILES string of the molecule is CNc1cnc(C(=O)NCCCCCCC(C)C)cn1. The molecule has 20 heavy (non-hydrogen) atoms. The third-order valence-electron chi connectivity index (χ3n) is 3.13. The molecule has 0 aromatic carbocycles. The summed E-state index contributed by atoms with van der Waals surface area (Å²) in [5.41, 5.74) is 0.365. The molecule has 0 unspecified atom stereocenters. The Hall–Kier alpha value is -1.65. The van der Waals surface area contributed by atoms with E-state index in [0.717, 1.165) is 18.8 Å². The highest BCUT2D eigenvalue weighted by Crippen LogP contribution is 2.09. The summed E-state index contributed by atoms with van der Waals surface area (Å²) >= 11 is 0. The van der Waals surface area contributed by atoms with Gasteiger partial charge in [0.15, 0.2) is 0 Å². The second-order valence-corrected chi connectivity index (χ2v) is 5.39. The monoisotopic (exact) mass is 278 g/mol. The number of carbonyl (C=O) groups excluding carboxylic acids is 1. The van der Waals surface area contributed by atoms with Crippen molar-refractivity contribution in [3.63, 3.8) is 0 Å². The Morgan fingerprint density at radius 1 is 1.15 bits per heavy atom. The van der Waals surface area contributed by atoms with Gasteiger partial charge in [-0.3, -0.25) is 4.79 Å². The predicted molar refractivity (Wildman–Crippen MR) is 81.8 cm³/mol. The summed E-state index contributed by atoms with van der Waals surface area (Å²) in [6, 6.07) is 0. The molecule has 112 valence electrons. The number of unbranched alkanes of at least 4 members (excludes halogenated alkanes) is 3. The van der Waals surface area contributed by atoms with Gasteiger partial charge in [-0.15, -0.1) is 0 Å². The van der Waals surface area contributed by atoms with Crippen LogP contribution in [0.15, 0.2) is 12.4 Å². The summed E-state index contributed by atoms with van der Waals surface area (Å²) < 4.78 is 0. The summed E-state index contributed by atoms with van der Waals surface area (Å²) in [7, 11) is 1.77. The summed E-state index contributed by atoms with van der Waals surface area (Å²) in [5, 5.41) is 5.74. The Bertz CT molecular complexity index is 389. The second kappa shape index (κ2) is 9.28. The van der Waals surface area contributed by atoms with Crippen molar-refractivity contribution in [1.82, 2.24) is 15.3 Å². The van der Waals surface area contributed by atoms with E-state index in [2.05, 4.69) is 34.4 Å². The van der Waals surface area contributed by atoms with Crippen LogP contribution in [-0.2, 0) is 0 Å². The largest absolute Gasteiger partial charge is 0.372 e. The lowest BCUT2D eigenvalue weighted by atomic mass is 10.0. The third kappa shape index (κ3) is 6.50. The first-order valence-corrected chi connectivity index (χ1v) is 7.41. The van der Waals surface area contributed by atoms with Gasteiger partial charge in [0, 0.05) is 13.6 Å². The van der Waals surface area contributed by atoms with Crippen LogP contribution in [0.3, 0.4) is 0 Å². The molecule has 0 saturated heterocycles. The average molecular weight is 278 g/mol. The molecule has 5 nitrogen and oxygen atoms in total. The zero-order valence-corrected chi connectivity index (χ0v) is 12.8. The van der Waals surface area contributed by atoms with Gasteiger partial charge in [-0.1, -0.05) is 39.5 Å². The van der Waals surface area contributed by atoms with Crippen LogP contribution < -0.4 is 10.6 Å². The molecule has 0 bridgehead atoms. The molecule has 0 saturated carbocycles. The minimum atomic E-state index is -0.151. The maximum Gasteiger partial charge on any atom is 0.271 e. The third-order valence-corrected chi connectivity index (χ3v) is 3.13. The standard InChI is InChI=1S/C15H26N4O/c1-12(2)8-6-4-5-7-9-17-15(20)13-10-19-14(16-3)11-18-13/h10-12H,4-9H2,1-3H3,(H,16,19)(H,17,20). The molecule has 1 rings (SSSR count). The van der Waals surface area contributed by atoms with Crippen molar-refractivity contribution < 1.29 is 4.79 Å². The molecule has 5 heteroatoms. The van der Waals surface area contributed by atoms with E-state index in [9.17, 15) is 4.79 Å². The average Bonchev–Trinajstić information content (AvgIpc) is 2.45. The number of nitrogens with zero attached hydrogens (tertiary/aromatic N) is 2. The highest BCUT2D eigenvalue weighted by molar-refractivity contribution is 5.91. The summed E-state index contributed by atoms with van der Waals surface area (Å²) in [6.45, 7) is 5.21. The fourth-order valence-electron chi connectivity index (χ4n) is 1.90. The van der Waals surface area contributed by atoms with E-state index < -0.39 is 0 Å². The maximum absolute atomic E-state index is 11.8. The first-order chi connectivity index (χ1) is 9.63. The fraction of sp³-hybridized carbons (Fsp3) is 0.667. The normalized spacial score (nSPS) is 10.6. The van der Waals surface area contributed by atoms with Gasteiger partial charge in [0.05, 0.1) is 12.4 Å². The number of nitrogens with one attached hydrogen (secondary N) is 2. The summed E-state index contributed by atoms with van der Waals surface area (Å²) in [5.74, 6) is 1.29. The highest BCUT2D eigenvalue weighted by atomic mass is 16.1. The maximum atomic E-state index is 11.8. The fourth-order valence-corrected chi connectivity index (χ4v) is 1.90.